The van der Waals surface area contributed by atoms with Gasteiger partial charge in [0.25, 0.3) is 0 Å². The molecule has 0 saturated heterocycles. The molecule has 24 heavy (non-hydrogen) atoms. The average molecular weight is 326 g/mol. The fraction of sp³-hybridized carbons (Fsp3) is 0.400. The van der Waals surface area contributed by atoms with E-state index in [1.807, 2.05) is 71.0 Å². The van der Waals surface area contributed by atoms with E-state index in [9.17, 15) is 4.79 Å². The fourth-order valence-corrected chi connectivity index (χ4v) is 2.44. The lowest BCUT2D eigenvalue weighted by Gasteiger charge is -2.28. The van der Waals surface area contributed by atoms with Crippen molar-refractivity contribution < 1.29 is 9.53 Å². The summed E-state index contributed by atoms with van der Waals surface area (Å²) < 4.78 is 5.52. The van der Waals surface area contributed by atoms with Crippen molar-refractivity contribution >= 4 is 11.8 Å². The Morgan fingerprint density at radius 1 is 1.04 bits per heavy atom. The van der Waals surface area contributed by atoms with Crippen molar-refractivity contribution in [3.8, 4) is 11.1 Å². The van der Waals surface area contributed by atoms with E-state index in [2.05, 4.69) is 4.98 Å². The molecule has 128 valence electrons. The first-order valence-electron chi connectivity index (χ1n) is 8.11. The summed E-state index contributed by atoms with van der Waals surface area (Å²) in [7, 11) is 0. The summed E-state index contributed by atoms with van der Waals surface area (Å²) in [5.41, 5.74) is 7.88. The molecule has 0 amide bonds. The van der Waals surface area contributed by atoms with Gasteiger partial charge in [0, 0.05) is 6.20 Å². The maximum absolute atomic E-state index is 12.4. The number of nitrogen functional groups attached to an aromatic ring is 1. The van der Waals surface area contributed by atoms with E-state index < -0.39 is 11.0 Å². The Morgan fingerprint density at radius 2 is 1.67 bits per heavy atom. The van der Waals surface area contributed by atoms with Gasteiger partial charge in [0.2, 0.25) is 0 Å². The molecule has 0 fully saturated rings. The Hall–Kier alpha value is -2.36. The van der Waals surface area contributed by atoms with E-state index >= 15 is 0 Å². The number of carbonyl (C=O) groups excluding carboxylic acids is 1. The second-order valence-electron chi connectivity index (χ2n) is 7.73. The van der Waals surface area contributed by atoms with Crippen molar-refractivity contribution in [2.24, 2.45) is 5.41 Å². The molecule has 1 heterocycles. The minimum absolute atomic E-state index is 0.180. The summed E-state index contributed by atoms with van der Waals surface area (Å²) in [6, 6.07) is 11.9. The zero-order valence-electron chi connectivity index (χ0n) is 15.1. The molecule has 0 saturated carbocycles. The van der Waals surface area contributed by atoms with Crippen LogP contribution in [0.5, 0.6) is 0 Å². The molecule has 4 nitrogen and oxygen atoms in total. The van der Waals surface area contributed by atoms with E-state index in [0.717, 1.165) is 16.7 Å². The molecule has 2 rings (SSSR count). The topological polar surface area (TPSA) is 65.2 Å². The van der Waals surface area contributed by atoms with E-state index in [4.69, 9.17) is 10.5 Å². The van der Waals surface area contributed by atoms with Crippen LogP contribution in [-0.4, -0.2) is 16.6 Å². The number of esters is 1. The summed E-state index contributed by atoms with van der Waals surface area (Å²) in [5, 5.41) is 0. The van der Waals surface area contributed by atoms with Crippen LogP contribution in [0, 0.1) is 5.41 Å². The first-order valence-corrected chi connectivity index (χ1v) is 8.11. The smallest absolute Gasteiger partial charge is 0.312 e. The largest absolute Gasteiger partial charge is 0.460 e. The van der Waals surface area contributed by atoms with Crippen molar-refractivity contribution in [3.63, 3.8) is 0 Å². The lowest BCUT2D eigenvalue weighted by atomic mass is 9.85. The third kappa shape index (κ3) is 4.82. The van der Waals surface area contributed by atoms with Crippen LogP contribution in [0.4, 0.5) is 5.82 Å². The predicted molar refractivity (Wildman–Crippen MR) is 97.4 cm³/mol. The highest BCUT2D eigenvalue weighted by Crippen LogP contribution is 2.28. The maximum atomic E-state index is 12.4. The van der Waals surface area contributed by atoms with Crippen molar-refractivity contribution in [2.45, 2.75) is 46.6 Å². The molecule has 2 aromatic rings. The minimum atomic E-state index is -0.574. The van der Waals surface area contributed by atoms with Crippen LogP contribution in [-0.2, 0) is 16.0 Å². The van der Waals surface area contributed by atoms with Crippen molar-refractivity contribution in [3.05, 3.63) is 48.2 Å². The molecule has 0 unspecified atom stereocenters. The van der Waals surface area contributed by atoms with Gasteiger partial charge in [-0.3, -0.25) is 4.79 Å². The average Bonchev–Trinajstić information content (AvgIpc) is 2.46. The number of rotatable bonds is 4. The highest BCUT2D eigenvalue weighted by Gasteiger charge is 2.32. The van der Waals surface area contributed by atoms with Gasteiger partial charge in [-0.15, -0.1) is 0 Å². The van der Waals surface area contributed by atoms with E-state index in [1.54, 1.807) is 6.20 Å². The Labute approximate surface area is 144 Å². The first-order chi connectivity index (χ1) is 11.1. The van der Waals surface area contributed by atoms with Gasteiger partial charge in [-0.25, -0.2) is 4.98 Å². The Morgan fingerprint density at radius 3 is 2.21 bits per heavy atom. The Bertz CT molecular complexity index is 713. The molecule has 4 heteroatoms. The summed E-state index contributed by atoms with van der Waals surface area (Å²) in [6.07, 6.45) is 2.32. The molecule has 0 aliphatic carbocycles. The molecule has 0 aliphatic heterocycles. The van der Waals surface area contributed by atoms with Crippen LogP contribution in [0.25, 0.3) is 11.1 Å². The number of pyridine rings is 1. The van der Waals surface area contributed by atoms with Crippen molar-refractivity contribution in [1.82, 2.24) is 4.98 Å². The lowest BCUT2D eigenvalue weighted by Crippen LogP contribution is -2.35. The van der Waals surface area contributed by atoms with Crippen LogP contribution < -0.4 is 5.73 Å². The lowest BCUT2D eigenvalue weighted by molar-refractivity contribution is -0.165. The molecular weight excluding hydrogens is 300 g/mol. The normalized spacial score (nSPS) is 12.0. The molecule has 1 aromatic heterocycles. The number of benzene rings is 1. The SMILES string of the molecule is CC(C)(C)OC(=O)C(C)(C)Cc1ccc(-c2ccnc(N)c2)cc1. The number of carbonyl (C=O) groups is 1. The number of nitrogens with two attached hydrogens (primary N) is 1. The fourth-order valence-electron chi connectivity index (χ4n) is 2.44. The highest BCUT2D eigenvalue weighted by molar-refractivity contribution is 5.77. The number of anilines is 1. The Balaban J connectivity index is 2.12. The zero-order valence-corrected chi connectivity index (χ0v) is 15.1. The summed E-state index contributed by atoms with van der Waals surface area (Å²) in [5.74, 6) is 0.323. The maximum Gasteiger partial charge on any atom is 0.312 e. The van der Waals surface area contributed by atoms with E-state index in [-0.39, 0.29) is 5.97 Å². The second-order valence-corrected chi connectivity index (χ2v) is 7.73. The van der Waals surface area contributed by atoms with Crippen LogP contribution in [0.2, 0.25) is 0 Å². The third-order valence-electron chi connectivity index (χ3n) is 3.67. The molecule has 2 N–H and O–H groups in total. The summed E-state index contributed by atoms with van der Waals surface area (Å²) in [6.45, 7) is 9.49. The molecule has 1 aromatic carbocycles. The highest BCUT2D eigenvalue weighted by atomic mass is 16.6. The number of ether oxygens (including phenoxy) is 1. The molecule has 0 radical (unpaired) electrons. The van der Waals surface area contributed by atoms with Crippen LogP contribution in [0.1, 0.15) is 40.2 Å². The van der Waals surface area contributed by atoms with Gasteiger partial charge in [-0.2, -0.15) is 0 Å². The standard InChI is InChI=1S/C20H26N2O2/c1-19(2,3)24-18(23)20(4,5)13-14-6-8-15(9-7-14)16-10-11-22-17(21)12-16/h6-12H,13H2,1-5H3,(H2,21,22). The van der Waals surface area contributed by atoms with Gasteiger partial charge in [0.15, 0.2) is 0 Å². The van der Waals surface area contributed by atoms with Crippen LogP contribution in [0.3, 0.4) is 0 Å². The molecule has 0 bridgehead atoms. The van der Waals surface area contributed by atoms with Crippen LogP contribution in [0.15, 0.2) is 42.6 Å². The monoisotopic (exact) mass is 326 g/mol. The second kappa shape index (κ2) is 6.63. The van der Waals surface area contributed by atoms with E-state index in [1.165, 1.54) is 0 Å². The van der Waals surface area contributed by atoms with Gasteiger partial charge in [0.05, 0.1) is 5.41 Å². The molecule has 0 aliphatic rings. The number of hydrogen-bond acceptors (Lipinski definition) is 4. The molecule has 0 spiro atoms. The zero-order chi connectivity index (χ0) is 18.0. The number of nitrogens with zero attached hydrogens (tertiary/aromatic N) is 1. The van der Waals surface area contributed by atoms with E-state index in [0.29, 0.717) is 12.2 Å². The summed E-state index contributed by atoms with van der Waals surface area (Å²) in [4.78, 5) is 16.4. The van der Waals surface area contributed by atoms with Gasteiger partial charge >= 0.3 is 5.97 Å². The number of aromatic nitrogens is 1. The number of hydrogen-bond donors (Lipinski definition) is 1. The first kappa shape index (κ1) is 18.0. The predicted octanol–water partition coefficient (Wildman–Crippen LogP) is 4.24. The Kier molecular flexibility index (Phi) is 4.97. The van der Waals surface area contributed by atoms with Gasteiger partial charge in [0.1, 0.15) is 11.4 Å². The van der Waals surface area contributed by atoms with Gasteiger partial charge < -0.3 is 10.5 Å². The minimum Gasteiger partial charge on any atom is -0.460 e. The van der Waals surface area contributed by atoms with Crippen LogP contribution >= 0.6 is 0 Å². The van der Waals surface area contributed by atoms with Gasteiger partial charge in [-0.1, -0.05) is 24.3 Å². The quantitative estimate of drug-likeness (QED) is 0.853. The summed E-state index contributed by atoms with van der Waals surface area (Å²) >= 11 is 0. The van der Waals surface area contributed by atoms with Crippen molar-refractivity contribution in [1.29, 1.82) is 0 Å². The van der Waals surface area contributed by atoms with Gasteiger partial charge in [-0.05, 0) is 69.9 Å². The molecular formula is C20H26N2O2. The van der Waals surface area contributed by atoms with Crippen molar-refractivity contribution in [2.75, 3.05) is 5.73 Å². The third-order valence-corrected chi connectivity index (χ3v) is 3.67. The molecule has 0 atom stereocenters.